The minimum atomic E-state index is -3.24. The summed E-state index contributed by atoms with van der Waals surface area (Å²) in [7, 11) is 0. The molecule has 1 aromatic rings. The molecular formula is C10H7BrF3NO2. The van der Waals surface area contributed by atoms with Crippen molar-refractivity contribution in [1.29, 1.82) is 0 Å². The molecule has 0 spiro atoms. The van der Waals surface area contributed by atoms with Crippen LogP contribution in [0.2, 0.25) is 0 Å². The van der Waals surface area contributed by atoms with Crippen LogP contribution in [0.5, 0.6) is 0 Å². The fourth-order valence-corrected chi connectivity index (χ4v) is 2.13. The lowest BCUT2D eigenvalue weighted by Crippen LogP contribution is -2.49. The fourth-order valence-electron chi connectivity index (χ4n) is 1.55. The van der Waals surface area contributed by atoms with Crippen molar-refractivity contribution in [3.8, 4) is 0 Å². The lowest BCUT2D eigenvalue weighted by atomic mass is 10.0. The molecule has 17 heavy (non-hydrogen) atoms. The quantitative estimate of drug-likeness (QED) is 0.866. The van der Waals surface area contributed by atoms with E-state index in [9.17, 15) is 18.0 Å². The van der Waals surface area contributed by atoms with Crippen molar-refractivity contribution in [2.24, 2.45) is 0 Å². The molecule has 1 N–H and O–H groups in total. The number of carbonyl (C=O) groups excluding carboxylic acids is 1. The number of cyclic esters (lactones) is 1. The van der Waals surface area contributed by atoms with Gasteiger partial charge in [0, 0.05) is 4.47 Å². The van der Waals surface area contributed by atoms with E-state index >= 15 is 0 Å². The van der Waals surface area contributed by atoms with Gasteiger partial charge >= 0.3 is 12.0 Å². The number of hydrogen-bond donors (Lipinski definition) is 1. The number of ether oxygens (including phenoxy) is 1. The Morgan fingerprint density at radius 2 is 2.18 bits per heavy atom. The molecule has 7 heteroatoms. The van der Waals surface area contributed by atoms with Crippen molar-refractivity contribution in [2.75, 3.05) is 6.61 Å². The number of halogens is 4. The van der Waals surface area contributed by atoms with Gasteiger partial charge in [0.2, 0.25) is 0 Å². The summed E-state index contributed by atoms with van der Waals surface area (Å²) in [6.45, 7) is -0.993. The van der Waals surface area contributed by atoms with E-state index in [2.05, 4.69) is 20.7 Å². The van der Waals surface area contributed by atoms with Crippen LogP contribution in [0, 0.1) is 5.82 Å². The Kier molecular flexibility index (Phi) is 3.03. The van der Waals surface area contributed by atoms with Crippen LogP contribution in [-0.2, 0) is 4.74 Å². The van der Waals surface area contributed by atoms with E-state index < -0.39 is 30.5 Å². The maximum Gasteiger partial charge on any atom is 0.408 e. The number of amides is 1. The monoisotopic (exact) mass is 309 g/mol. The van der Waals surface area contributed by atoms with Gasteiger partial charge < -0.3 is 10.1 Å². The van der Waals surface area contributed by atoms with Crippen molar-refractivity contribution in [3.05, 3.63) is 34.1 Å². The summed E-state index contributed by atoms with van der Waals surface area (Å²) in [5.41, 5.74) is 0.105. The van der Waals surface area contributed by atoms with Crippen molar-refractivity contribution in [3.63, 3.8) is 0 Å². The molecule has 0 radical (unpaired) electrons. The molecule has 0 aliphatic carbocycles. The Bertz CT molecular complexity index is 467. The van der Waals surface area contributed by atoms with E-state index in [4.69, 9.17) is 0 Å². The molecule has 1 heterocycles. The summed E-state index contributed by atoms with van der Waals surface area (Å²) in [5.74, 6) is -3.80. The largest absolute Gasteiger partial charge is 0.443 e. The zero-order chi connectivity index (χ0) is 12.6. The smallest absolute Gasteiger partial charge is 0.408 e. The first-order chi connectivity index (χ1) is 7.90. The molecule has 0 bridgehead atoms. The van der Waals surface area contributed by atoms with Crippen molar-refractivity contribution in [1.82, 2.24) is 5.32 Å². The van der Waals surface area contributed by atoms with Crippen LogP contribution in [0.4, 0.5) is 18.0 Å². The molecular weight excluding hydrogens is 303 g/mol. The highest BCUT2D eigenvalue weighted by Crippen LogP contribution is 2.37. The van der Waals surface area contributed by atoms with E-state index in [0.29, 0.717) is 0 Å². The first-order valence-electron chi connectivity index (χ1n) is 4.66. The van der Waals surface area contributed by atoms with Crippen LogP contribution in [0.3, 0.4) is 0 Å². The van der Waals surface area contributed by atoms with Crippen LogP contribution in [0.15, 0.2) is 22.7 Å². The molecule has 92 valence electrons. The molecule has 3 nitrogen and oxygen atoms in total. The minimum Gasteiger partial charge on any atom is -0.443 e. The lowest BCUT2D eigenvalue weighted by molar-refractivity contribution is -0.104. The van der Waals surface area contributed by atoms with Gasteiger partial charge in [0.25, 0.3) is 0 Å². The van der Waals surface area contributed by atoms with E-state index in [0.717, 1.165) is 12.1 Å². The van der Waals surface area contributed by atoms with Crippen LogP contribution in [0.25, 0.3) is 0 Å². The number of hydrogen-bond acceptors (Lipinski definition) is 2. The second kappa shape index (κ2) is 4.21. The summed E-state index contributed by atoms with van der Waals surface area (Å²) in [6.07, 6.45) is -0.919. The number of benzene rings is 1. The minimum absolute atomic E-state index is 0.105. The lowest BCUT2D eigenvalue weighted by Gasteiger charge is -2.32. The highest BCUT2D eigenvalue weighted by atomic mass is 79.9. The van der Waals surface area contributed by atoms with Crippen molar-refractivity contribution in [2.45, 2.75) is 12.0 Å². The fraction of sp³-hybridized carbons (Fsp3) is 0.300. The molecule has 1 saturated heterocycles. The molecule has 2 rings (SSSR count). The highest BCUT2D eigenvalue weighted by molar-refractivity contribution is 9.10. The summed E-state index contributed by atoms with van der Waals surface area (Å²) in [4.78, 5) is 11.0. The summed E-state index contributed by atoms with van der Waals surface area (Å²) in [6, 6.07) is 1.78. The van der Waals surface area contributed by atoms with Gasteiger partial charge in [-0.05, 0) is 17.7 Å². The molecule has 0 unspecified atom stereocenters. The second-order valence-electron chi connectivity index (χ2n) is 3.58. The van der Waals surface area contributed by atoms with Gasteiger partial charge in [0.1, 0.15) is 11.9 Å². The van der Waals surface area contributed by atoms with Crippen molar-refractivity contribution < 1.29 is 22.7 Å². The first-order valence-corrected chi connectivity index (χ1v) is 5.45. The number of rotatable bonds is 1. The molecule has 1 fully saturated rings. The molecule has 1 aromatic carbocycles. The standard InChI is InChI=1S/C10H7BrF3NO2/c11-7-3-5(12)1-2-6(7)8-10(13,14)4-17-9(16)15-8/h1-3,8H,4H2,(H,15,16)/t8-/m0/s1. The van der Waals surface area contributed by atoms with Crippen LogP contribution < -0.4 is 5.32 Å². The number of alkyl carbamates (subject to hydrolysis) is 1. The summed E-state index contributed by atoms with van der Waals surface area (Å²) >= 11 is 2.99. The predicted octanol–water partition coefficient (Wildman–Crippen LogP) is 3.00. The number of alkyl halides is 2. The maximum atomic E-state index is 13.6. The van der Waals surface area contributed by atoms with Gasteiger partial charge in [-0.2, -0.15) is 0 Å². The van der Waals surface area contributed by atoms with Gasteiger partial charge in [0.05, 0.1) is 0 Å². The molecule has 0 saturated carbocycles. The zero-order valence-electron chi connectivity index (χ0n) is 8.34. The molecule has 1 amide bonds. The Morgan fingerprint density at radius 1 is 1.47 bits per heavy atom. The van der Waals surface area contributed by atoms with E-state index in [1.165, 1.54) is 6.07 Å². The molecule has 1 aliphatic heterocycles. The average molecular weight is 310 g/mol. The van der Waals surface area contributed by atoms with Crippen molar-refractivity contribution >= 4 is 22.0 Å². The Labute approximate surface area is 103 Å². The van der Waals surface area contributed by atoms with Gasteiger partial charge in [-0.15, -0.1) is 0 Å². The SMILES string of the molecule is O=C1N[C@@H](c2ccc(F)cc2Br)C(F)(F)CO1. The van der Waals surface area contributed by atoms with E-state index in [-0.39, 0.29) is 10.0 Å². The number of carbonyl (C=O) groups is 1. The Hall–Kier alpha value is -1.24. The van der Waals surface area contributed by atoms with Gasteiger partial charge in [-0.25, -0.2) is 18.0 Å². The van der Waals surface area contributed by atoms with Crippen LogP contribution in [0.1, 0.15) is 11.6 Å². The van der Waals surface area contributed by atoms with Crippen LogP contribution in [-0.4, -0.2) is 18.6 Å². The molecule has 1 aliphatic rings. The number of nitrogens with one attached hydrogen (secondary N) is 1. The molecule has 0 aromatic heterocycles. The Balaban J connectivity index is 2.39. The maximum absolute atomic E-state index is 13.6. The van der Waals surface area contributed by atoms with Gasteiger partial charge in [-0.3, -0.25) is 0 Å². The zero-order valence-corrected chi connectivity index (χ0v) is 9.93. The first kappa shape index (κ1) is 12.2. The highest BCUT2D eigenvalue weighted by Gasteiger charge is 2.47. The molecule has 1 atom stereocenters. The third-order valence-corrected chi connectivity index (χ3v) is 3.04. The third-order valence-electron chi connectivity index (χ3n) is 2.35. The second-order valence-corrected chi connectivity index (χ2v) is 4.43. The van der Waals surface area contributed by atoms with E-state index in [1.807, 2.05) is 5.32 Å². The van der Waals surface area contributed by atoms with Crippen LogP contribution >= 0.6 is 15.9 Å². The topological polar surface area (TPSA) is 38.3 Å². The van der Waals surface area contributed by atoms with E-state index in [1.54, 1.807) is 0 Å². The van der Waals surface area contributed by atoms with Gasteiger partial charge in [-0.1, -0.05) is 22.0 Å². The Morgan fingerprint density at radius 3 is 2.82 bits per heavy atom. The predicted molar refractivity (Wildman–Crippen MR) is 56.3 cm³/mol. The summed E-state index contributed by atoms with van der Waals surface area (Å²) < 4.78 is 44.4. The summed E-state index contributed by atoms with van der Waals surface area (Å²) in [5, 5.41) is 2.02. The normalized spacial score (nSPS) is 22.8. The third kappa shape index (κ3) is 2.38. The van der Waals surface area contributed by atoms with Gasteiger partial charge in [0.15, 0.2) is 6.61 Å². The average Bonchev–Trinajstić information content (AvgIpc) is 2.23.